The second kappa shape index (κ2) is 8.95. The van der Waals surface area contributed by atoms with Gasteiger partial charge in [0.25, 0.3) is 0 Å². The third-order valence-corrected chi connectivity index (χ3v) is 5.31. The minimum atomic E-state index is -0.797. The van der Waals surface area contributed by atoms with Gasteiger partial charge in [0.2, 0.25) is 0 Å². The molecule has 2 N–H and O–H groups in total. The van der Waals surface area contributed by atoms with Crippen LogP contribution in [0.3, 0.4) is 0 Å². The van der Waals surface area contributed by atoms with Gasteiger partial charge < -0.3 is 10.4 Å². The van der Waals surface area contributed by atoms with Crippen molar-refractivity contribution in [1.29, 1.82) is 0 Å². The summed E-state index contributed by atoms with van der Waals surface area (Å²) in [4.78, 5) is 12.4. The zero-order chi connectivity index (χ0) is 20.9. The van der Waals surface area contributed by atoms with E-state index in [9.17, 15) is 9.90 Å². The van der Waals surface area contributed by atoms with Crippen molar-refractivity contribution in [3.8, 4) is 0 Å². The summed E-state index contributed by atoms with van der Waals surface area (Å²) in [6.45, 7) is 7.04. The first-order chi connectivity index (χ1) is 13.9. The van der Waals surface area contributed by atoms with Crippen LogP contribution in [-0.2, 0) is 11.3 Å². The van der Waals surface area contributed by atoms with Crippen molar-refractivity contribution in [3.63, 3.8) is 0 Å². The van der Waals surface area contributed by atoms with Crippen LogP contribution in [0.4, 0.5) is 5.69 Å². The number of aliphatic carboxylic acids is 1. The highest BCUT2D eigenvalue weighted by Crippen LogP contribution is 2.47. The van der Waals surface area contributed by atoms with E-state index in [4.69, 9.17) is 0 Å². The highest BCUT2D eigenvalue weighted by Gasteiger charge is 2.39. The number of para-hydroxylation sites is 1. The molecule has 0 amide bonds. The molecule has 0 saturated carbocycles. The van der Waals surface area contributed by atoms with E-state index < -0.39 is 11.9 Å². The summed E-state index contributed by atoms with van der Waals surface area (Å²) in [5.41, 5.74) is 3.79. The largest absolute Gasteiger partial charge is 0.481 e. The van der Waals surface area contributed by atoms with Crippen molar-refractivity contribution in [2.75, 3.05) is 5.32 Å². The molecule has 0 aromatic heterocycles. The van der Waals surface area contributed by atoms with Crippen LogP contribution in [0.5, 0.6) is 0 Å². The summed E-state index contributed by atoms with van der Waals surface area (Å²) >= 11 is 0. The van der Waals surface area contributed by atoms with E-state index in [1.807, 2.05) is 66.7 Å². The highest BCUT2D eigenvalue weighted by atomic mass is 16.4. The number of hydrogen-bond acceptors (Lipinski definition) is 2. The minimum absolute atomic E-state index is 0.193. The lowest BCUT2D eigenvalue weighted by Gasteiger charge is -2.37. The Hall–Kier alpha value is -3.07. The molecule has 2 atom stereocenters. The van der Waals surface area contributed by atoms with E-state index in [0.29, 0.717) is 6.54 Å². The number of benzene rings is 3. The quantitative estimate of drug-likeness (QED) is 0.500. The normalized spacial score (nSPS) is 13.5. The van der Waals surface area contributed by atoms with Crippen molar-refractivity contribution >= 4 is 11.7 Å². The fourth-order valence-corrected chi connectivity index (χ4v) is 4.01. The lowest BCUT2D eigenvalue weighted by molar-refractivity contribution is -0.140. The van der Waals surface area contributed by atoms with E-state index in [-0.39, 0.29) is 11.3 Å². The van der Waals surface area contributed by atoms with E-state index >= 15 is 0 Å². The van der Waals surface area contributed by atoms with E-state index in [1.165, 1.54) is 5.56 Å². The number of hydrogen-bond donors (Lipinski definition) is 2. The van der Waals surface area contributed by atoms with Gasteiger partial charge in [0.1, 0.15) is 0 Å². The first-order valence-electron chi connectivity index (χ1n) is 10.0. The Morgan fingerprint density at radius 3 is 2.00 bits per heavy atom. The second-order valence-electron chi connectivity index (χ2n) is 8.50. The van der Waals surface area contributed by atoms with Gasteiger partial charge in [-0.15, -0.1) is 0 Å². The van der Waals surface area contributed by atoms with Gasteiger partial charge in [-0.3, -0.25) is 4.79 Å². The number of anilines is 1. The SMILES string of the molecule is CC(C)(C)[C@H](c1ccccc1NCc1ccccc1)[C@@H](C(=O)O)c1ccccc1. The molecule has 150 valence electrons. The monoisotopic (exact) mass is 387 g/mol. The molecule has 3 aromatic rings. The van der Waals surface area contributed by atoms with Gasteiger partial charge in [-0.25, -0.2) is 0 Å². The van der Waals surface area contributed by atoms with Gasteiger partial charge in [0.15, 0.2) is 0 Å². The van der Waals surface area contributed by atoms with Crippen molar-refractivity contribution in [1.82, 2.24) is 0 Å². The molecule has 3 aromatic carbocycles. The zero-order valence-corrected chi connectivity index (χ0v) is 17.3. The average Bonchev–Trinajstić information content (AvgIpc) is 2.71. The fourth-order valence-electron chi connectivity index (χ4n) is 4.01. The smallest absolute Gasteiger partial charge is 0.311 e. The maximum atomic E-state index is 12.4. The van der Waals surface area contributed by atoms with Crippen LogP contribution in [0.2, 0.25) is 0 Å². The van der Waals surface area contributed by atoms with Gasteiger partial charge in [-0.05, 0) is 28.2 Å². The predicted octanol–water partition coefficient (Wildman–Crippen LogP) is 6.30. The number of carbonyl (C=O) groups is 1. The first-order valence-corrected chi connectivity index (χ1v) is 10.0. The van der Waals surface area contributed by atoms with Crippen LogP contribution in [0.15, 0.2) is 84.9 Å². The molecule has 0 bridgehead atoms. The summed E-state index contributed by atoms with van der Waals surface area (Å²) in [6, 6.07) is 27.9. The van der Waals surface area contributed by atoms with Crippen LogP contribution in [0.1, 0.15) is 49.3 Å². The lowest BCUT2D eigenvalue weighted by Crippen LogP contribution is -2.30. The molecular formula is C26H29NO2. The van der Waals surface area contributed by atoms with Crippen molar-refractivity contribution < 1.29 is 9.90 Å². The van der Waals surface area contributed by atoms with Crippen LogP contribution in [0.25, 0.3) is 0 Å². The van der Waals surface area contributed by atoms with Gasteiger partial charge in [-0.2, -0.15) is 0 Å². The van der Waals surface area contributed by atoms with Crippen LogP contribution in [-0.4, -0.2) is 11.1 Å². The van der Waals surface area contributed by atoms with Crippen molar-refractivity contribution in [2.45, 2.75) is 39.2 Å². The van der Waals surface area contributed by atoms with Gasteiger partial charge in [0.05, 0.1) is 5.92 Å². The molecule has 0 aliphatic rings. The Balaban J connectivity index is 2.02. The second-order valence-corrected chi connectivity index (χ2v) is 8.50. The Kier molecular flexibility index (Phi) is 6.38. The fraction of sp³-hybridized carbons (Fsp3) is 0.269. The van der Waals surface area contributed by atoms with Crippen molar-refractivity contribution in [2.24, 2.45) is 5.41 Å². The van der Waals surface area contributed by atoms with Gasteiger partial charge >= 0.3 is 5.97 Å². The molecule has 29 heavy (non-hydrogen) atoms. The highest BCUT2D eigenvalue weighted by molar-refractivity contribution is 5.78. The van der Waals surface area contributed by atoms with Gasteiger partial charge in [0, 0.05) is 18.2 Å². The molecular weight excluding hydrogens is 358 g/mol. The van der Waals surface area contributed by atoms with E-state index in [0.717, 1.165) is 16.8 Å². The van der Waals surface area contributed by atoms with Crippen LogP contribution in [0, 0.1) is 5.41 Å². The Morgan fingerprint density at radius 2 is 1.41 bits per heavy atom. The molecule has 3 heteroatoms. The summed E-state index contributed by atoms with van der Waals surface area (Å²) < 4.78 is 0. The Morgan fingerprint density at radius 1 is 0.862 bits per heavy atom. The molecule has 0 radical (unpaired) electrons. The minimum Gasteiger partial charge on any atom is -0.481 e. The number of nitrogens with one attached hydrogen (secondary N) is 1. The standard InChI is InChI=1S/C26H29NO2/c1-26(2,3)24(23(25(28)29)20-14-8-5-9-15-20)21-16-10-11-17-22(21)27-18-19-12-6-4-7-13-19/h4-17,23-24,27H,18H2,1-3H3,(H,28,29)/t23-,24+/m0/s1. The molecule has 0 aliphatic carbocycles. The molecule has 3 nitrogen and oxygen atoms in total. The van der Waals surface area contributed by atoms with Crippen molar-refractivity contribution in [3.05, 3.63) is 102 Å². The third kappa shape index (κ3) is 5.05. The van der Waals surface area contributed by atoms with E-state index in [2.05, 4.69) is 44.3 Å². The zero-order valence-electron chi connectivity index (χ0n) is 17.3. The summed E-state index contributed by atoms with van der Waals surface area (Å²) in [6.07, 6.45) is 0. The maximum Gasteiger partial charge on any atom is 0.311 e. The average molecular weight is 388 g/mol. The maximum absolute atomic E-state index is 12.4. The Labute approximate surface area is 173 Å². The summed E-state index contributed by atoms with van der Waals surface area (Å²) in [5, 5.41) is 13.7. The Bertz CT molecular complexity index is 930. The number of carboxylic acids is 1. The molecule has 0 unspecified atom stereocenters. The lowest BCUT2D eigenvalue weighted by atomic mass is 9.67. The number of rotatable bonds is 7. The summed E-state index contributed by atoms with van der Waals surface area (Å²) in [5.74, 6) is -1.62. The molecule has 0 fully saturated rings. The summed E-state index contributed by atoms with van der Waals surface area (Å²) in [7, 11) is 0. The van der Waals surface area contributed by atoms with Crippen LogP contribution >= 0.6 is 0 Å². The molecule has 0 heterocycles. The predicted molar refractivity (Wildman–Crippen MR) is 119 cm³/mol. The third-order valence-electron chi connectivity index (χ3n) is 5.31. The van der Waals surface area contributed by atoms with Crippen LogP contribution < -0.4 is 5.32 Å². The molecule has 3 rings (SSSR count). The molecule has 0 aliphatic heterocycles. The first kappa shape index (κ1) is 20.7. The topological polar surface area (TPSA) is 49.3 Å². The molecule has 0 saturated heterocycles. The van der Waals surface area contributed by atoms with Gasteiger partial charge in [-0.1, -0.05) is 99.6 Å². The number of carboxylic acid groups (broad SMARTS) is 1. The van der Waals surface area contributed by atoms with E-state index in [1.54, 1.807) is 0 Å². The molecule has 0 spiro atoms.